The van der Waals surface area contributed by atoms with E-state index in [2.05, 4.69) is 12.4 Å². The van der Waals surface area contributed by atoms with Crippen molar-refractivity contribution in [1.82, 2.24) is 0 Å². The Morgan fingerprint density at radius 2 is 2.57 bits per heavy atom. The van der Waals surface area contributed by atoms with Gasteiger partial charge in [0.05, 0.1) is 10.7 Å². The zero-order chi connectivity index (χ0) is 5.70. The Labute approximate surface area is 46.3 Å². The first kappa shape index (κ1) is 6.49. The zero-order valence-corrected chi connectivity index (χ0v) is 4.65. The van der Waals surface area contributed by atoms with Gasteiger partial charge in [-0.15, -0.1) is 6.58 Å². The summed E-state index contributed by atoms with van der Waals surface area (Å²) in [7, 11) is 0. The van der Waals surface area contributed by atoms with Crippen LogP contribution in [-0.2, 0) is 0 Å². The van der Waals surface area contributed by atoms with Gasteiger partial charge in [-0.25, -0.2) is 0 Å². The predicted octanol–water partition coefficient (Wildman–Crippen LogP) is 0.473. The molecule has 3 nitrogen and oxygen atoms in total. The fourth-order valence-electron chi connectivity index (χ4n) is 0.126. The smallest absolute Gasteiger partial charge is 0.151 e. The molecule has 0 radical (unpaired) electrons. The highest BCUT2D eigenvalue weighted by atomic mass is 32.2. The fraction of sp³-hybridized carbons (Fsp3) is 0.333. The Morgan fingerprint density at radius 1 is 2.00 bits per heavy atom. The molecule has 7 heavy (non-hydrogen) atoms. The van der Waals surface area contributed by atoms with Crippen LogP contribution in [0.1, 0.15) is 0 Å². The van der Waals surface area contributed by atoms with Crippen molar-refractivity contribution >= 4 is 11.9 Å². The Morgan fingerprint density at radius 3 is 2.71 bits per heavy atom. The Kier molecular flexibility index (Phi) is 3.40. The number of nitrogens with two attached hydrogens (primary N) is 1. The van der Waals surface area contributed by atoms with Gasteiger partial charge in [0.25, 0.3) is 11.9 Å². The average Bonchev–Trinajstić information content (AvgIpc) is 1.61. The predicted molar refractivity (Wildman–Crippen MR) is 30.5 cm³/mol. The number of nitroso groups, excluding NO2 is 1. The number of hydrazine groups is 1. The molecular weight excluding hydrogens is 112 g/mol. The summed E-state index contributed by atoms with van der Waals surface area (Å²) in [5.41, 5.74) is 0. The van der Waals surface area contributed by atoms with Crippen LogP contribution < -0.4 is 5.84 Å². The molecule has 0 heterocycles. The molecule has 0 aliphatic rings. The molecule has 0 aliphatic heterocycles. The third-order valence-corrected chi connectivity index (χ3v) is 0.959. The summed E-state index contributed by atoms with van der Waals surface area (Å²) >= 11 is 0.969. The lowest BCUT2D eigenvalue weighted by atomic mass is 10.8. The Balaban J connectivity index is 2.97. The lowest BCUT2D eigenvalue weighted by Crippen LogP contribution is -2.05. The van der Waals surface area contributed by atoms with Gasteiger partial charge in [-0.1, -0.05) is 6.08 Å². The molecule has 0 aromatic heterocycles. The summed E-state index contributed by atoms with van der Waals surface area (Å²) in [6.45, 7) is 3.39. The van der Waals surface area contributed by atoms with E-state index in [1.807, 2.05) is 0 Å². The molecule has 0 saturated carbocycles. The molecule has 0 aliphatic carbocycles. The fourth-order valence-corrected chi connectivity index (χ4v) is 0.379. The molecule has 0 aromatic carbocycles. The lowest BCUT2D eigenvalue weighted by Gasteiger charge is -1.71. The summed E-state index contributed by atoms with van der Waals surface area (Å²) < 4.78 is 0.307. The van der Waals surface area contributed by atoms with Crippen molar-refractivity contribution in [2.45, 2.75) is 0 Å². The number of rotatable bonds is 3. The first-order valence-corrected chi connectivity index (χ1v) is 2.67. The number of hydrogen-bond acceptors (Lipinski definition) is 2. The third kappa shape index (κ3) is 5.49. The van der Waals surface area contributed by atoms with Crippen molar-refractivity contribution in [2.75, 3.05) is 5.75 Å². The lowest BCUT2D eigenvalue weighted by molar-refractivity contribution is -0.382. The van der Waals surface area contributed by atoms with Gasteiger partial charge in [-0.3, -0.25) is 0 Å². The molecule has 0 rings (SSSR count). The van der Waals surface area contributed by atoms with Crippen molar-refractivity contribution in [1.29, 1.82) is 0 Å². The first-order valence-electron chi connectivity index (χ1n) is 1.73. The SMILES string of the molecule is C=CCS[N+](N)=O. The van der Waals surface area contributed by atoms with Gasteiger partial charge in [0.2, 0.25) is 0 Å². The molecule has 40 valence electrons. The highest BCUT2D eigenvalue weighted by molar-refractivity contribution is 7.93. The number of nitrogens with zero attached hydrogens (tertiary/aromatic N) is 1. The van der Waals surface area contributed by atoms with Gasteiger partial charge >= 0.3 is 0 Å². The van der Waals surface area contributed by atoms with Gasteiger partial charge in [0.15, 0.2) is 4.27 Å². The van der Waals surface area contributed by atoms with Crippen molar-refractivity contribution < 1.29 is 4.27 Å². The molecule has 2 N–H and O–H groups in total. The normalized spacial score (nSPS) is 8.00. The molecular formula is C3H7N2OS+. The van der Waals surface area contributed by atoms with Crippen molar-refractivity contribution in [3.8, 4) is 0 Å². The van der Waals surface area contributed by atoms with Gasteiger partial charge in [0, 0.05) is 0 Å². The topological polar surface area (TPSA) is 46.1 Å². The van der Waals surface area contributed by atoms with E-state index in [4.69, 9.17) is 0 Å². The van der Waals surface area contributed by atoms with E-state index in [9.17, 15) is 4.91 Å². The second-order valence-electron chi connectivity index (χ2n) is 0.870. The molecule has 0 bridgehead atoms. The quantitative estimate of drug-likeness (QED) is 0.193. The van der Waals surface area contributed by atoms with Gasteiger partial charge in [-0.2, -0.15) is 5.84 Å². The van der Waals surface area contributed by atoms with Crippen LogP contribution in [0.2, 0.25) is 0 Å². The van der Waals surface area contributed by atoms with Crippen LogP contribution in [0.25, 0.3) is 0 Å². The highest BCUT2D eigenvalue weighted by Crippen LogP contribution is 1.93. The summed E-state index contributed by atoms with van der Waals surface area (Å²) in [5.74, 6) is 5.24. The molecule has 0 saturated heterocycles. The molecule has 0 spiro atoms. The van der Waals surface area contributed by atoms with E-state index >= 15 is 0 Å². The first-order chi connectivity index (χ1) is 3.27. The molecule has 0 aromatic rings. The van der Waals surface area contributed by atoms with Crippen LogP contribution in [0.4, 0.5) is 0 Å². The summed E-state index contributed by atoms with van der Waals surface area (Å²) in [5, 5.41) is 0. The van der Waals surface area contributed by atoms with Gasteiger partial charge in [-0.05, 0) is 0 Å². The van der Waals surface area contributed by atoms with E-state index in [1.165, 1.54) is 0 Å². The molecule has 0 amide bonds. The minimum Gasteiger partial charge on any atom is -0.151 e. The van der Waals surface area contributed by atoms with E-state index in [0.29, 0.717) is 10.0 Å². The van der Waals surface area contributed by atoms with Crippen LogP contribution in [0.3, 0.4) is 0 Å². The molecule has 0 unspecified atom stereocenters. The summed E-state index contributed by atoms with van der Waals surface area (Å²) in [6.07, 6.45) is 1.61. The van der Waals surface area contributed by atoms with Crippen LogP contribution in [0, 0.1) is 4.91 Å². The van der Waals surface area contributed by atoms with E-state index in [-0.39, 0.29) is 0 Å². The Bertz CT molecular complexity index is 83.0. The minimum atomic E-state index is 0.307. The average molecular weight is 119 g/mol. The van der Waals surface area contributed by atoms with Crippen molar-refractivity contribution in [2.24, 2.45) is 5.84 Å². The van der Waals surface area contributed by atoms with Crippen molar-refractivity contribution in [3.63, 3.8) is 0 Å². The summed E-state index contributed by atoms with van der Waals surface area (Å²) in [6, 6.07) is 0. The largest absolute Gasteiger partial charge is 0.255 e. The maximum Gasteiger partial charge on any atom is 0.255 e. The molecule has 0 fully saturated rings. The highest BCUT2D eigenvalue weighted by Gasteiger charge is 1.97. The van der Waals surface area contributed by atoms with Crippen LogP contribution >= 0.6 is 11.9 Å². The maximum absolute atomic E-state index is 9.81. The molecule has 4 heteroatoms. The van der Waals surface area contributed by atoms with Crippen LogP contribution in [-0.4, -0.2) is 10.0 Å². The monoisotopic (exact) mass is 119 g/mol. The minimum absolute atomic E-state index is 0.307. The van der Waals surface area contributed by atoms with Gasteiger partial charge in [0.1, 0.15) is 0 Å². The van der Waals surface area contributed by atoms with E-state index in [0.717, 1.165) is 11.9 Å². The maximum atomic E-state index is 9.81. The van der Waals surface area contributed by atoms with Crippen LogP contribution in [0.5, 0.6) is 0 Å². The standard InChI is InChI=1S/C3H7N2OS/c1-2-3-7-5(4)6/h2H,1,3H2,(H2,4,6)/q+1. The second-order valence-corrected chi connectivity index (χ2v) is 1.82. The second kappa shape index (κ2) is 3.67. The zero-order valence-electron chi connectivity index (χ0n) is 3.83. The van der Waals surface area contributed by atoms with Crippen molar-refractivity contribution in [3.05, 3.63) is 17.6 Å². The molecule has 0 atom stereocenters. The van der Waals surface area contributed by atoms with Gasteiger partial charge < -0.3 is 0 Å². The van der Waals surface area contributed by atoms with Crippen LogP contribution in [0.15, 0.2) is 12.7 Å². The van der Waals surface area contributed by atoms with E-state index < -0.39 is 0 Å². The Hall–Kier alpha value is -0.510. The third-order valence-electron chi connectivity index (χ3n) is 0.320. The summed E-state index contributed by atoms with van der Waals surface area (Å²) in [4.78, 5) is 9.81. The van der Waals surface area contributed by atoms with E-state index in [1.54, 1.807) is 6.08 Å². The number of hydrogen-bond donors (Lipinski definition) is 1.